The highest BCUT2D eigenvalue weighted by molar-refractivity contribution is 5.48. The number of carbonyl (C=O) groups is 1. The molecular formula is C12H22O. The van der Waals surface area contributed by atoms with Crippen molar-refractivity contribution in [3.63, 3.8) is 0 Å². The van der Waals surface area contributed by atoms with Crippen LogP contribution >= 0.6 is 0 Å². The summed E-state index contributed by atoms with van der Waals surface area (Å²) in [6.07, 6.45) is 14.9. The van der Waals surface area contributed by atoms with Crippen LogP contribution in [0.5, 0.6) is 0 Å². The SMILES string of the molecule is C/C=C\CCCCCCCCC=O. The number of carbonyl (C=O) groups excluding carboxylic acids is 1. The Morgan fingerprint density at radius 1 is 0.846 bits per heavy atom. The molecule has 0 fully saturated rings. The van der Waals surface area contributed by atoms with Gasteiger partial charge in [-0.3, -0.25) is 0 Å². The van der Waals surface area contributed by atoms with Gasteiger partial charge in [0.05, 0.1) is 0 Å². The fourth-order valence-electron chi connectivity index (χ4n) is 1.36. The van der Waals surface area contributed by atoms with Gasteiger partial charge in [-0.2, -0.15) is 0 Å². The van der Waals surface area contributed by atoms with Crippen molar-refractivity contribution in [3.05, 3.63) is 12.2 Å². The highest BCUT2D eigenvalue weighted by Crippen LogP contribution is 2.08. The van der Waals surface area contributed by atoms with Crippen molar-refractivity contribution in [3.8, 4) is 0 Å². The van der Waals surface area contributed by atoms with Crippen LogP contribution in [-0.4, -0.2) is 6.29 Å². The number of unbranched alkanes of at least 4 members (excludes halogenated alkanes) is 7. The monoisotopic (exact) mass is 182 g/mol. The van der Waals surface area contributed by atoms with Crippen LogP contribution in [0.25, 0.3) is 0 Å². The molecule has 0 N–H and O–H groups in total. The summed E-state index contributed by atoms with van der Waals surface area (Å²) in [4.78, 5) is 10.0. The molecule has 0 saturated carbocycles. The predicted molar refractivity (Wildman–Crippen MR) is 57.8 cm³/mol. The summed E-state index contributed by atoms with van der Waals surface area (Å²) in [7, 11) is 0. The third-order valence-corrected chi connectivity index (χ3v) is 2.18. The molecule has 0 saturated heterocycles. The second-order valence-corrected chi connectivity index (χ2v) is 3.43. The molecule has 76 valence electrons. The topological polar surface area (TPSA) is 17.1 Å². The zero-order valence-electron chi connectivity index (χ0n) is 8.80. The van der Waals surface area contributed by atoms with E-state index in [0.29, 0.717) is 0 Å². The molecule has 0 aliphatic heterocycles. The fourth-order valence-corrected chi connectivity index (χ4v) is 1.36. The quantitative estimate of drug-likeness (QED) is 0.300. The first kappa shape index (κ1) is 12.4. The van der Waals surface area contributed by atoms with Crippen LogP contribution in [-0.2, 0) is 4.79 Å². The molecule has 0 atom stereocenters. The lowest BCUT2D eigenvalue weighted by molar-refractivity contribution is -0.107. The number of allylic oxidation sites excluding steroid dienone is 2. The van der Waals surface area contributed by atoms with Crippen LogP contribution in [0.15, 0.2) is 12.2 Å². The number of aldehydes is 1. The van der Waals surface area contributed by atoms with Crippen molar-refractivity contribution in [2.75, 3.05) is 0 Å². The minimum Gasteiger partial charge on any atom is -0.303 e. The van der Waals surface area contributed by atoms with Gasteiger partial charge in [0, 0.05) is 6.42 Å². The molecule has 0 rings (SSSR count). The van der Waals surface area contributed by atoms with Crippen molar-refractivity contribution in [2.45, 2.75) is 58.3 Å². The predicted octanol–water partition coefficient (Wildman–Crippen LogP) is 3.88. The van der Waals surface area contributed by atoms with E-state index in [1.165, 1.54) is 38.5 Å². The third kappa shape index (κ3) is 11.4. The van der Waals surface area contributed by atoms with Crippen LogP contribution < -0.4 is 0 Å². The van der Waals surface area contributed by atoms with Crippen LogP contribution in [0.4, 0.5) is 0 Å². The summed E-state index contributed by atoms with van der Waals surface area (Å²) in [5.74, 6) is 0. The summed E-state index contributed by atoms with van der Waals surface area (Å²) in [6.45, 7) is 2.07. The maximum Gasteiger partial charge on any atom is 0.119 e. The lowest BCUT2D eigenvalue weighted by Crippen LogP contribution is -1.80. The van der Waals surface area contributed by atoms with Crippen molar-refractivity contribution >= 4 is 6.29 Å². The number of hydrogen-bond acceptors (Lipinski definition) is 1. The van der Waals surface area contributed by atoms with Gasteiger partial charge in [0.2, 0.25) is 0 Å². The Morgan fingerprint density at radius 2 is 1.38 bits per heavy atom. The highest BCUT2D eigenvalue weighted by atomic mass is 16.1. The molecule has 0 spiro atoms. The van der Waals surface area contributed by atoms with Gasteiger partial charge in [-0.15, -0.1) is 0 Å². The van der Waals surface area contributed by atoms with Crippen molar-refractivity contribution in [2.24, 2.45) is 0 Å². The number of rotatable bonds is 9. The largest absolute Gasteiger partial charge is 0.303 e. The standard InChI is InChI=1S/C12H22O/c1-2-3-4-5-6-7-8-9-10-11-12-13/h2-3,12H,4-11H2,1H3/b3-2-. The Bertz CT molecular complexity index is 127. The molecule has 0 aromatic rings. The van der Waals surface area contributed by atoms with E-state index in [1.807, 2.05) is 0 Å². The van der Waals surface area contributed by atoms with Gasteiger partial charge in [0.1, 0.15) is 6.29 Å². The molecule has 13 heavy (non-hydrogen) atoms. The summed E-state index contributed by atoms with van der Waals surface area (Å²) < 4.78 is 0. The fraction of sp³-hybridized carbons (Fsp3) is 0.750. The molecule has 0 heterocycles. The summed E-state index contributed by atoms with van der Waals surface area (Å²) in [5.41, 5.74) is 0. The van der Waals surface area contributed by atoms with Crippen LogP contribution in [0.3, 0.4) is 0 Å². The van der Waals surface area contributed by atoms with Crippen molar-refractivity contribution < 1.29 is 4.79 Å². The molecule has 0 aromatic heterocycles. The molecule has 0 aliphatic carbocycles. The molecule has 1 nitrogen and oxygen atoms in total. The van der Waals surface area contributed by atoms with Crippen molar-refractivity contribution in [1.82, 2.24) is 0 Å². The van der Waals surface area contributed by atoms with Gasteiger partial charge in [-0.05, 0) is 26.2 Å². The minimum absolute atomic E-state index is 0.749. The Labute approximate surface area is 82.2 Å². The molecule has 0 amide bonds. The van der Waals surface area contributed by atoms with Gasteiger partial charge < -0.3 is 4.79 Å². The Balaban J connectivity index is 2.87. The Hall–Kier alpha value is -0.590. The first-order chi connectivity index (χ1) is 6.41. The normalized spacial score (nSPS) is 10.8. The van der Waals surface area contributed by atoms with Crippen LogP contribution in [0.2, 0.25) is 0 Å². The number of hydrogen-bond donors (Lipinski definition) is 0. The van der Waals surface area contributed by atoms with E-state index in [0.717, 1.165) is 19.1 Å². The smallest absolute Gasteiger partial charge is 0.119 e. The van der Waals surface area contributed by atoms with Crippen molar-refractivity contribution in [1.29, 1.82) is 0 Å². The molecule has 0 radical (unpaired) electrons. The lowest BCUT2D eigenvalue weighted by Gasteiger charge is -1.98. The second kappa shape index (κ2) is 11.4. The summed E-state index contributed by atoms with van der Waals surface area (Å²) >= 11 is 0. The van der Waals surface area contributed by atoms with E-state index >= 15 is 0 Å². The minimum atomic E-state index is 0.749. The average molecular weight is 182 g/mol. The van der Waals surface area contributed by atoms with E-state index < -0.39 is 0 Å². The first-order valence-corrected chi connectivity index (χ1v) is 5.46. The summed E-state index contributed by atoms with van der Waals surface area (Å²) in [6, 6.07) is 0. The van der Waals surface area contributed by atoms with Gasteiger partial charge >= 0.3 is 0 Å². The molecule has 0 unspecified atom stereocenters. The maximum absolute atomic E-state index is 10.0. The zero-order valence-corrected chi connectivity index (χ0v) is 8.80. The van der Waals surface area contributed by atoms with Gasteiger partial charge in [0.25, 0.3) is 0 Å². The Kier molecular flexibility index (Phi) is 10.9. The molecule has 0 aliphatic rings. The van der Waals surface area contributed by atoms with Crippen LogP contribution in [0.1, 0.15) is 58.3 Å². The molecule has 0 bridgehead atoms. The van der Waals surface area contributed by atoms with Crippen LogP contribution in [0, 0.1) is 0 Å². The van der Waals surface area contributed by atoms with E-state index in [4.69, 9.17) is 0 Å². The maximum atomic E-state index is 10.0. The first-order valence-electron chi connectivity index (χ1n) is 5.46. The lowest BCUT2D eigenvalue weighted by atomic mass is 10.1. The Morgan fingerprint density at radius 3 is 1.92 bits per heavy atom. The third-order valence-electron chi connectivity index (χ3n) is 2.18. The average Bonchev–Trinajstić information content (AvgIpc) is 2.16. The van der Waals surface area contributed by atoms with E-state index in [9.17, 15) is 4.79 Å². The zero-order chi connectivity index (χ0) is 9.78. The van der Waals surface area contributed by atoms with E-state index in [1.54, 1.807) is 0 Å². The second-order valence-electron chi connectivity index (χ2n) is 3.43. The molecular weight excluding hydrogens is 160 g/mol. The summed E-state index contributed by atoms with van der Waals surface area (Å²) in [5, 5.41) is 0. The van der Waals surface area contributed by atoms with Gasteiger partial charge in [0.15, 0.2) is 0 Å². The van der Waals surface area contributed by atoms with Gasteiger partial charge in [-0.1, -0.05) is 37.8 Å². The van der Waals surface area contributed by atoms with E-state index in [-0.39, 0.29) is 0 Å². The highest BCUT2D eigenvalue weighted by Gasteiger charge is 1.89. The van der Waals surface area contributed by atoms with E-state index in [2.05, 4.69) is 19.1 Å². The van der Waals surface area contributed by atoms with Gasteiger partial charge in [-0.25, -0.2) is 0 Å². The molecule has 0 aromatic carbocycles. The molecule has 1 heteroatoms.